The van der Waals surface area contributed by atoms with Gasteiger partial charge in [-0.05, 0) is 274 Å². The first-order valence-electron chi connectivity index (χ1n) is 29.2. The highest BCUT2D eigenvalue weighted by molar-refractivity contribution is 6.40. The van der Waals surface area contributed by atoms with Crippen LogP contribution in [0.1, 0.15) is 211 Å². The summed E-state index contributed by atoms with van der Waals surface area (Å²) < 4.78 is 2.75. The molecule has 0 amide bonds. The van der Waals surface area contributed by atoms with Crippen LogP contribution in [0.4, 0.5) is 0 Å². The minimum absolute atomic E-state index is 0.144. The van der Waals surface area contributed by atoms with Gasteiger partial charge in [-0.15, -0.1) is 0 Å². The van der Waals surface area contributed by atoms with Crippen molar-refractivity contribution in [2.75, 3.05) is 0 Å². The van der Waals surface area contributed by atoms with Crippen molar-refractivity contribution in [3.63, 3.8) is 0 Å². The summed E-state index contributed by atoms with van der Waals surface area (Å²) in [6.45, 7) is 0. The number of fused-ring (bicyclic) bond motifs is 13. The number of rotatable bonds is 0. The van der Waals surface area contributed by atoms with Gasteiger partial charge in [0.15, 0.2) is 0 Å². The first-order valence-corrected chi connectivity index (χ1v) is 29.2. The Morgan fingerprint density at radius 2 is 0.736 bits per heavy atom. The van der Waals surface area contributed by atoms with E-state index < -0.39 is 0 Å². The summed E-state index contributed by atoms with van der Waals surface area (Å²) in [6.07, 6.45) is 25.8. The number of benzene rings is 6. The molecule has 25 rings (SSSR count). The van der Waals surface area contributed by atoms with Crippen LogP contribution in [0.25, 0.3) is 70.4 Å². The zero-order valence-corrected chi connectivity index (χ0v) is 41.2. The molecule has 15 aliphatic carbocycles. The van der Waals surface area contributed by atoms with Gasteiger partial charge < -0.3 is 4.40 Å². The van der Waals surface area contributed by atoms with Gasteiger partial charge in [-0.3, -0.25) is 9.97 Å². The van der Waals surface area contributed by atoms with Crippen molar-refractivity contribution in [3.05, 3.63) is 158 Å². The molecule has 350 valence electrons. The van der Waals surface area contributed by atoms with Gasteiger partial charge in [0.2, 0.25) is 0 Å². The third-order valence-electron chi connectivity index (χ3n) is 23.8. The predicted molar refractivity (Wildman–Crippen MR) is 291 cm³/mol. The SMILES string of the molecule is c1ccc2c(c1)C1c3ccccc3C2c2c1ncc1c2c2cc3c4cc5c(cc4c4cc6c(cc4c3c3c4c7c(ncc4n1c23)C1CC2CC(C1)CC7C2)C1CC2CC(CC6C2)C1)C1CC2CC(C1)CC5C2. The standard InChI is InChI=1S/C69H59N3/c1-3-7-45-43(5-1)60-44-6-2-4-8-46(44)62(45)68-65(60)63-56-28-55-53-25-48-38-14-31-9-32(15-38)13-37(12-31)47(48)24-51(53)52-26-49-39-16-33-10-34(17-39)19-40(18-33)50(49)27-54(52)61(55)66-64-58(72(69(56)66)57(63)29-71-68)30-70-67-42-22-35-11-36(23-42)21-41(20-35)59(64)67/h1-8,24-42,60,62H,9-23H2. The van der Waals surface area contributed by atoms with Crippen molar-refractivity contribution in [2.45, 2.75) is 144 Å². The molecule has 0 N–H and O–H groups in total. The molecular formula is C69H59N3. The third kappa shape index (κ3) is 4.37. The fourth-order valence-corrected chi connectivity index (χ4v) is 22.0. The van der Waals surface area contributed by atoms with Crippen molar-refractivity contribution in [1.29, 1.82) is 0 Å². The van der Waals surface area contributed by atoms with E-state index in [9.17, 15) is 0 Å². The second kappa shape index (κ2) is 12.6. The van der Waals surface area contributed by atoms with Crippen LogP contribution in [0.15, 0.2) is 91.3 Å². The van der Waals surface area contributed by atoms with Gasteiger partial charge in [0.1, 0.15) is 0 Å². The molecule has 3 nitrogen and oxygen atoms in total. The average Bonchev–Trinajstić information content (AvgIpc) is 3.78. The Morgan fingerprint density at radius 1 is 0.319 bits per heavy atom. The molecule has 6 unspecified atom stereocenters. The van der Waals surface area contributed by atoms with Gasteiger partial charge in [-0.1, -0.05) is 48.5 Å². The minimum Gasteiger partial charge on any atom is -0.305 e. The van der Waals surface area contributed by atoms with Crippen LogP contribution in [0.2, 0.25) is 0 Å². The quantitative estimate of drug-likeness (QED) is 0.142. The van der Waals surface area contributed by atoms with Crippen molar-refractivity contribution in [3.8, 4) is 0 Å². The Balaban J connectivity index is 0.985. The van der Waals surface area contributed by atoms with Gasteiger partial charge in [0.25, 0.3) is 0 Å². The molecule has 6 aromatic carbocycles. The summed E-state index contributed by atoms with van der Waals surface area (Å²) in [5, 5.41) is 15.4. The number of pyridine rings is 2. The van der Waals surface area contributed by atoms with Crippen molar-refractivity contribution in [2.24, 2.45) is 35.5 Å². The molecule has 10 aromatic rings. The second-order valence-corrected chi connectivity index (χ2v) is 27.1. The molecule has 0 aliphatic heterocycles. The van der Waals surface area contributed by atoms with Crippen LogP contribution in [0.3, 0.4) is 0 Å². The number of aromatic nitrogens is 3. The molecule has 4 heterocycles. The first kappa shape index (κ1) is 37.9. The molecule has 0 radical (unpaired) electrons. The second-order valence-electron chi connectivity index (χ2n) is 27.1. The largest absolute Gasteiger partial charge is 0.305 e. The molecule has 3 heteroatoms. The Morgan fingerprint density at radius 3 is 1.26 bits per heavy atom. The maximum atomic E-state index is 5.75. The van der Waals surface area contributed by atoms with Gasteiger partial charge in [-0.2, -0.15) is 0 Å². The molecule has 0 saturated heterocycles. The highest BCUT2D eigenvalue weighted by atomic mass is 15.0. The van der Waals surface area contributed by atoms with E-state index in [0.29, 0.717) is 23.7 Å². The lowest BCUT2D eigenvalue weighted by Crippen LogP contribution is -2.28. The van der Waals surface area contributed by atoms with E-state index in [-0.39, 0.29) is 11.8 Å². The van der Waals surface area contributed by atoms with Crippen molar-refractivity contribution in [1.82, 2.24) is 14.4 Å². The highest BCUT2D eigenvalue weighted by Gasteiger charge is 2.48. The summed E-state index contributed by atoms with van der Waals surface area (Å²) >= 11 is 0. The molecule has 6 fully saturated rings. The molecule has 0 spiro atoms. The van der Waals surface area contributed by atoms with Crippen LogP contribution >= 0.6 is 0 Å². The van der Waals surface area contributed by atoms with Crippen molar-refractivity contribution < 1.29 is 0 Å². The summed E-state index contributed by atoms with van der Waals surface area (Å²) in [5.41, 5.74) is 22.8. The molecule has 15 aliphatic rings. The van der Waals surface area contributed by atoms with Crippen LogP contribution in [-0.4, -0.2) is 14.4 Å². The molecule has 6 saturated carbocycles. The maximum Gasteiger partial charge on any atom is 0.0728 e. The third-order valence-corrected chi connectivity index (χ3v) is 23.8. The van der Waals surface area contributed by atoms with E-state index in [2.05, 4.69) is 95.7 Å². The molecule has 4 aromatic heterocycles. The minimum atomic E-state index is 0.144. The van der Waals surface area contributed by atoms with Crippen LogP contribution in [0, 0.1) is 35.5 Å². The number of hydrogen-bond donors (Lipinski definition) is 0. The molecule has 14 bridgehead atoms. The number of nitrogens with zero attached hydrogens (tertiary/aromatic N) is 3. The first-order chi connectivity index (χ1) is 35.6. The average molecular weight is 930 g/mol. The molecular weight excluding hydrogens is 871 g/mol. The smallest absolute Gasteiger partial charge is 0.0728 e. The van der Waals surface area contributed by atoms with Gasteiger partial charge in [0.05, 0.1) is 40.6 Å². The van der Waals surface area contributed by atoms with E-state index in [0.717, 1.165) is 47.3 Å². The predicted octanol–water partition coefficient (Wildman–Crippen LogP) is 17.2. The van der Waals surface area contributed by atoms with Gasteiger partial charge in [-0.25, -0.2) is 0 Å². The van der Waals surface area contributed by atoms with Crippen LogP contribution < -0.4 is 0 Å². The zero-order chi connectivity index (χ0) is 45.7. The summed E-state index contributed by atoms with van der Waals surface area (Å²) in [7, 11) is 0. The summed E-state index contributed by atoms with van der Waals surface area (Å²) in [5.74, 6) is 9.61. The lowest BCUT2D eigenvalue weighted by Gasteiger charge is -2.41. The fraction of sp³-hybridized carbons (Fsp3) is 0.420. The maximum absolute atomic E-state index is 5.75. The van der Waals surface area contributed by atoms with E-state index in [1.54, 1.807) is 65.5 Å². The van der Waals surface area contributed by atoms with Crippen LogP contribution in [0.5, 0.6) is 0 Å². The van der Waals surface area contributed by atoms with E-state index in [1.165, 1.54) is 168 Å². The summed E-state index contributed by atoms with van der Waals surface area (Å²) in [4.78, 5) is 11.5. The molecule has 72 heavy (non-hydrogen) atoms. The highest BCUT2D eigenvalue weighted by Crippen LogP contribution is 2.64. The lowest BCUT2D eigenvalue weighted by atomic mass is 9.62. The Kier molecular flexibility index (Phi) is 6.61. The van der Waals surface area contributed by atoms with Crippen LogP contribution in [-0.2, 0) is 0 Å². The monoisotopic (exact) mass is 929 g/mol. The van der Waals surface area contributed by atoms with Gasteiger partial charge in [0, 0.05) is 44.5 Å². The Bertz CT molecular complexity index is 4140. The Labute approximate surface area is 420 Å². The normalized spacial score (nSPS) is 34.4. The lowest BCUT2D eigenvalue weighted by molar-refractivity contribution is 0.165. The Hall–Kier alpha value is -5.80. The van der Waals surface area contributed by atoms with E-state index in [4.69, 9.17) is 9.97 Å². The zero-order valence-electron chi connectivity index (χ0n) is 41.2. The van der Waals surface area contributed by atoms with E-state index >= 15 is 0 Å². The number of hydrogen-bond acceptors (Lipinski definition) is 2. The van der Waals surface area contributed by atoms with Gasteiger partial charge >= 0.3 is 0 Å². The summed E-state index contributed by atoms with van der Waals surface area (Å²) in [6, 6.07) is 33.1. The topological polar surface area (TPSA) is 30.2 Å². The van der Waals surface area contributed by atoms with Crippen molar-refractivity contribution >= 4 is 70.4 Å². The molecule has 6 atom stereocenters. The fourth-order valence-electron chi connectivity index (χ4n) is 22.0. The van der Waals surface area contributed by atoms with E-state index in [1.807, 2.05) is 0 Å².